The molecule has 0 aromatic heterocycles. The van der Waals surface area contributed by atoms with Crippen molar-refractivity contribution < 1.29 is 4.74 Å². The van der Waals surface area contributed by atoms with E-state index in [9.17, 15) is 0 Å². The highest BCUT2D eigenvalue weighted by molar-refractivity contribution is 5.79. The Morgan fingerprint density at radius 2 is 2.10 bits per heavy atom. The number of nitrogens with zero attached hydrogens (tertiary/aromatic N) is 1. The predicted molar refractivity (Wildman–Crippen MR) is 84.8 cm³/mol. The standard InChI is InChI=1S/C16H25N3O/c1-4-10-18-16(17-3)19-11-14(2)12-20-13-15-8-6-5-7-9-15/h4-9,14H,1,10-13H2,2-3H3,(H2,17,18,19). The quantitative estimate of drug-likeness (QED) is 0.434. The van der Waals surface area contributed by atoms with Gasteiger partial charge in [0.05, 0.1) is 13.2 Å². The molecule has 0 spiro atoms. The second kappa shape index (κ2) is 10.0. The van der Waals surface area contributed by atoms with Gasteiger partial charge in [-0.15, -0.1) is 6.58 Å². The number of hydrogen-bond donors (Lipinski definition) is 2. The van der Waals surface area contributed by atoms with Crippen molar-refractivity contribution in [2.45, 2.75) is 13.5 Å². The third kappa shape index (κ3) is 6.95. The second-order valence-electron chi connectivity index (χ2n) is 4.73. The number of hydrogen-bond acceptors (Lipinski definition) is 2. The molecule has 1 atom stereocenters. The summed E-state index contributed by atoms with van der Waals surface area (Å²) in [5, 5.41) is 6.40. The molecule has 0 heterocycles. The van der Waals surface area contributed by atoms with Crippen LogP contribution in [0.5, 0.6) is 0 Å². The summed E-state index contributed by atoms with van der Waals surface area (Å²) in [4.78, 5) is 4.13. The molecule has 0 saturated heterocycles. The third-order valence-corrected chi connectivity index (χ3v) is 2.77. The number of nitrogens with one attached hydrogen (secondary N) is 2. The fourth-order valence-corrected chi connectivity index (χ4v) is 1.67. The third-order valence-electron chi connectivity index (χ3n) is 2.77. The van der Waals surface area contributed by atoms with Gasteiger partial charge in [-0.25, -0.2) is 0 Å². The SMILES string of the molecule is C=CCNC(=NC)NCC(C)COCc1ccccc1. The van der Waals surface area contributed by atoms with Gasteiger partial charge in [0, 0.05) is 20.1 Å². The summed E-state index contributed by atoms with van der Waals surface area (Å²) >= 11 is 0. The molecule has 0 aliphatic carbocycles. The molecule has 1 rings (SSSR count). The van der Waals surface area contributed by atoms with Gasteiger partial charge >= 0.3 is 0 Å². The Balaban J connectivity index is 2.16. The molecule has 110 valence electrons. The van der Waals surface area contributed by atoms with Crippen LogP contribution in [-0.2, 0) is 11.3 Å². The van der Waals surface area contributed by atoms with Gasteiger partial charge in [0.1, 0.15) is 0 Å². The number of ether oxygens (including phenoxy) is 1. The molecular weight excluding hydrogens is 250 g/mol. The van der Waals surface area contributed by atoms with Crippen LogP contribution < -0.4 is 10.6 Å². The number of benzene rings is 1. The lowest BCUT2D eigenvalue weighted by molar-refractivity contribution is 0.0931. The zero-order chi connectivity index (χ0) is 14.6. The summed E-state index contributed by atoms with van der Waals surface area (Å²) in [5.41, 5.74) is 1.20. The summed E-state index contributed by atoms with van der Waals surface area (Å²) in [5.74, 6) is 1.21. The number of aliphatic imine (C=N–C) groups is 1. The summed E-state index contributed by atoms with van der Waals surface area (Å²) in [7, 11) is 1.76. The first-order valence-electron chi connectivity index (χ1n) is 6.93. The minimum Gasteiger partial charge on any atom is -0.376 e. The first kappa shape index (κ1) is 16.2. The lowest BCUT2D eigenvalue weighted by Crippen LogP contribution is -2.40. The average Bonchev–Trinajstić information content (AvgIpc) is 2.48. The van der Waals surface area contributed by atoms with Crippen molar-refractivity contribution in [3.8, 4) is 0 Å². The summed E-state index contributed by atoms with van der Waals surface area (Å²) in [6.07, 6.45) is 1.80. The van der Waals surface area contributed by atoms with Gasteiger partial charge in [-0.05, 0) is 11.5 Å². The normalized spacial score (nSPS) is 12.8. The molecule has 1 aromatic rings. The molecule has 4 heteroatoms. The van der Waals surface area contributed by atoms with E-state index in [1.165, 1.54) is 5.56 Å². The van der Waals surface area contributed by atoms with Crippen molar-refractivity contribution in [3.05, 3.63) is 48.6 Å². The molecule has 0 aliphatic heterocycles. The van der Waals surface area contributed by atoms with E-state index < -0.39 is 0 Å². The molecule has 0 amide bonds. The smallest absolute Gasteiger partial charge is 0.191 e. The topological polar surface area (TPSA) is 45.7 Å². The van der Waals surface area contributed by atoms with Crippen molar-refractivity contribution in [3.63, 3.8) is 0 Å². The minimum absolute atomic E-state index is 0.418. The summed E-state index contributed by atoms with van der Waals surface area (Å²) in [6, 6.07) is 10.2. The summed E-state index contributed by atoms with van der Waals surface area (Å²) in [6.45, 7) is 8.73. The monoisotopic (exact) mass is 275 g/mol. The molecule has 4 nitrogen and oxygen atoms in total. The highest BCUT2D eigenvalue weighted by atomic mass is 16.5. The van der Waals surface area contributed by atoms with Gasteiger partial charge in [-0.3, -0.25) is 4.99 Å². The first-order valence-corrected chi connectivity index (χ1v) is 6.93. The van der Waals surface area contributed by atoms with Crippen molar-refractivity contribution in [2.75, 3.05) is 26.7 Å². The fraction of sp³-hybridized carbons (Fsp3) is 0.438. The molecule has 0 aliphatic rings. The van der Waals surface area contributed by atoms with E-state index in [2.05, 4.69) is 41.3 Å². The Morgan fingerprint density at radius 1 is 1.35 bits per heavy atom. The van der Waals surface area contributed by atoms with E-state index in [4.69, 9.17) is 4.74 Å². The maximum absolute atomic E-state index is 5.71. The van der Waals surface area contributed by atoms with Gasteiger partial charge in [0.15, 0.2) is 5.96 Å². The highest BCUT2D eigenvalue weighted by Crippen LogP contribution is 2.02. The van der Waals surface area contributed by atoms with E-state index in [1.54, 1.807) is 13.1 Å². The molecule has 0 radical (unpaired) electrons. The van der Waals surface area contributed by atoms with Crippen LogP contribution in [0.1, 0.15) is 12.5 Å². The van der Waals surface area contributed by atoms with Gasteiger partial charge < -0.3 is 15.4 Å². The molecular formula is C16H25N3O. The number of guanidine groups is 1. The van der Waals surface area contributed by atoms with Crippen LogP contribution in [0.3, 0.4) is 0 Å². The molecule has 0 fully saturated rings. The van der Waals surface area contributed by atoms with E-state index >= 15 is 0 Å². The van der Waals surface area contributed by atoms with Crippen molar-refractivity contribution in [1.82, 2.24) is 10.6 Å². The van der Waals surface area contributed by atoms with Crippen LogP contribution in [0.15, 0.2) is 48.0 Å². The number of rotatable bonds is 8. The largest absolute Gasteiger partial charge is 0.376 e. The zero-order valence-corrected chi connectivity index (χ0v) is 12.4. The van der Waals surface area contributed by atoms with Crippen LogP contribution in [0.4, 0.5) is 0 Å². The maximum Gasteiger partial charge on any atom is 0.191 e. The Labute approximate surface area is 121 Å². The second-order valence-corrected chi connectivity index (χ2v) is 4.73. The summed E-state index contributed by atoms with van der Waals surface area (Å²) < 4.78 is 5.71. The van der Waals surface area contributed by atoms with E-state index in [1.807, 2.05) is 18.2 Å². The molecule has 1 aromatic carbocycles. The predicted octanol–water partition coefficient (Wildman–Crippen LogP) is 2.19. The van der Waals surface area contributed by atoms with Crippen LogP contribution >= 0.6 is 0 Å². The maximum atomic E-state index is 5.71. The van der Waals surface area contributed by atoms with Crippen molar-refractivity contribution in [1.29, 1.82) is 0 Å². The van der Waals surface area contributed by atoms with E-state index in [-0.39, 0.29) is 0 Å². The van der Waals surface area contributed by atoms with Gasteiger partial charge in [-0.2, -0.15) is 0 Å². The van der Waals surface area contributed by atoms with Crippen molar-refractivity contribution in [2.24, 2.45) is 10.9 Å². The Bertz CT molecular complexity index is 403. The molecule has 0 saturated carbocycles. The zero-order valence-electron chi connectivity index (χ0n) is 12.4. The Hall–Kier alpha value is -1.81. The first-order chi connectivity index (χ1) is 9.76. The van der Waals surface area contributed by atoms with Crippen LogP contribution in [-0.4, -0.2) is 32.7 Å². The minimum atomic E-state index is 0.418. The van der Waals surface area contributed by atoms with Crippen LogP contribution in [0, 0.1) is 5.92 Å². The van der Waals surface area contributed by atoms with Gasteiger partial charge in [0.25, 0.3) is 0 Å². The average molecular weight is 275 g/mol. The lowest BCUT2D eigenvalue weighted by atomic mass is 10.2. The molecule has 1 unspecified atom stereocenters. The Morgan fingerprint density at radius 3 is 2.75 bits per heavy atom. The van der Waals surface area contributed by atoms with Gasteiger partial charge in [0.2, 0.25) is 0 Å². The Kier molecular flexibility index (Phi) is 8.15. The van der Waals surface area contributed by atoms with Crippen LogP contribution in [0.25, 0.3) is 0 Å². The van der Waals surface area contributed by atoms with Gasteiger partial charge in [-0.1, -0.05) is 43.3 Å². The molecule has 20 heavy (non-hydrogen) atoms. The highest BCUT2D eigenvalue weighted by Gasteiger charge is 2.04. The van der Waals surface area contributed by atoms with E-state index in [0.717, 1.165) is 19.1 Å². The van der Waals surface area contributed by atoms with Crippen LogP contribution in [0.2, 0.25) is 0 Å². The van der Waals surface area contributed by atoms with Crippen molar-refractivity contribution >= 4 is 5.96 Å². The lowest BCUT2D eigenvalue weighted by Gasteiger charge is -2.15. The molecule has 2 N–H and O–H groups in total. The van der Waals surface area contributed by atoms with E-state index in [0.29, 0.717) is 19.1 Å². The fourth-order valence-electron chi connectivity index (χ4n) is 1.67. The molecule has 0 bridgehead atoms.